The number of fused-ring (bicyclic) bond motifs is 2. The second-order valence-corrected chi connectivity index (χ2v) is 130. The average molecular weight is 528 g/mol. The molecule has 0 saturated carbocycles. The number of rotatable bonds is 2. The Balaban J connectivity index is 2.23. The number of benzene rings is 2. The van der Waals surface area contributed by atoms with Gasteiger partial charge in [0.25, 0.3) is 0 Å². The molecule has 0 aliphatic heterocycles. The summed E-state index contributed by atoms with van der Waals surface area (Å²) in [6.07, 6.45) is 14.3. The SMILES string of the molecule is C[C]1([Hf]([CH3])([CH3])([CH3])([CH3])([CH3])([CH3])([CH3])[CH]2C=CC=C2)C=Cc2cc3ccccc3cc21. The fourth-order valence-corrected chi connectivity index (χ4v) is 32.7. The van der Waals surface area contributed by atoms with Crippen LogP contribution in [-0.4, -0.2) is 0 Å². The van der Waals surface area contributed by atoms with E-state index in [1.807, 2.05) is 0 Å². The summed E-state index contributed by atoms with van der Waals surface area (Å²) in [7, 11) is 0. The van der Waals surface area contributed by atoms with Crippen molar-refractivity contribution < 1.29 is 12.6 Å². The molecule has 1 atom stereocenters. The molecule has 0 heterocycles. The molecule has 0 bridgehead atoms. The fourth-order valence-electron chi connectivity index (χ4n) is 6.07. The average Bonchev–Trinajstić information content (AvgIpc) is 3.14. The number of hydrogen-bond acceptors (Lipinski definition) is 0. The normalized spacial score (nSPS) is 30.0. The second kappa shape index (κ2) is 3.05. The van der Waals surface area contributed by atoms with Gasteiger partial charge in [-0.2, -0.15) is 0 Å². The van der Waals surface area contributed by atoms with Crippen LogP contribution in [0.5, 0.6) is 0 Å². The Morgan fingerprint density at radius 1 is 0.778 bits per heavy atom. The quantitative estimate of drug-likeness (QED) is 0.341. The van der Waals surface area contributed by atoms with Crippen molar-refractivity contribution in [2.24, 2.45) is 0 Å². The van der Waals surface area contributed by atoms with Crippen molar-refractivity contribution in [3.8, 4) is 0 Å². The summed E-state index contributed by atoms with van der Waals surface area (Å²) in [5.41, 5.74) is 2.86. The Kier molecular flexibility index (Phi) is 2.16. The third-order valence-corrected chi connectivity index (χ3v) is 59.4. The molecule has 0 N–H and O–H groups in total. The maximum atomic E-state index is 2.67. The zero-order chi connectivity index (χ0) is 20.2. The van der Waals surface area contributed by atoms with Crippen molar-refractivity contribution in [3.05, 3.63) is 77.9 Å². The second-order valence-electron chi connectivity index (χ2n) is 20.0. The van der Waals surface area contributed by atoms with Crippen molar-refractivity contribution in [3.63, 3.8) is 0 Å². The van der Waals surface area contributed by atoms with Crippen LogP contribution in [0.3, 0.4) is 0 Å². The van der Waals surface area contributed by atoms with Crippen LogP contribution < -0.4 is 0 Å². The van der Waals surface area contributed by atoms with Gasteiger partial charge in [0.2, 0.25) is 0 Å². The van der Waals surface area contributed by atoms with Gasteiger partial charge < -0.3 is 0 Å². The third-order valence-electron chi connectivity index (χ3n) is 10.3. The van der Waals surface area contributed by atoms with Gasteiger partial charge in [-0.15, -0.1) is 0 Å². The van der Waals surface area contributed by atoms with Gasteiger partial charge in [-0.25, -0.2) is 0 Å². The van der Waals surface area contributed by atoms with E-state index < -0.39 is 12.6 Å². The van der Waals surface area contributed by atoms with Crippen LogP contribution in [0, 0.1) is 0 Å². The molecule has 0 radical (unpaired) electrons. The van der Waals surface area contributed by atoms with Crippen molar-refractivity contribution in [2.75, 3.05) is 0 Å². The van der Waals surface area contributed by atoms with Gasteiger partial charge in [0.1, 0.15) is 0 Å². The molecule has 0 amide bonds. The summed E-state index contributed by atoms with van der Waals surface area (Å²) in [4.78, 5) is 0. The van der Waals surface area contributed by atoms with E-state index in [0.29, 0.717) is 3.67 Å². The van der Waals surface area contributed by atoms with Crippen LogP contribution in [0.15, 0.2) is 66.8 Å². The number of allylic oxidation sites excluding steroid dienone is 5. The molecule has 2 aromatic carbocycles. The van der Waals surface area contributed by atoms with Gasteiger partial charge in [0.05, 0.1) is 0 Å². The summed E-state index contributed by atoms with van der Waals surface area (Å²) < 4.78 is 19.0. The van der Waals surface area contributed by atoms with Gasteiger partial charge in [-0.1, -0.05) is 0 Å². The molecule has 145 valence electrons. The van der Waals surface area contributed by atoms with Gasteiger partial charge >= 0.3 is 154 Å². The summed E-state index contributed by atoms with van der Waals surface area (Å²) in [6, 6.07) is 13.6. The van der Waals surface area contributed by atoms with E-state index in [1.165, 1.54) is 21.9 Å². The first-order valence-corrected chi connectivity index (χ1v) is 39.6. The topological polar surface area (TPSA) is 0 Å². The van der Waals surface area contributed by atoms with E-state index in [0.717, 1.165) is 0 Å². The van der Waals surface area contributed by atoms with Crippen molar-refractivity contribution >= 4 is 16.8 Å². The zero-order valence-corrected chi connectivity index (χ0v) is 22.1. The molecule has 2 aliphatic carbocycles. The maximum absolute atomic E-state index is 5.49. The van der Waals surface area contributed by atoms with Gasteiger partial charge in [-0.05, 0) is 0 Å². The Morgan fingerprint density at radius 3 is 1.85 bits per heavy atom. The van der Waals surface area contributed by atoms with E-state index in [2.05, 4.69) is 113 Å². The summed E-state index contributed by atoms with van der Waals surface area (Å²) >= 11 is -5.49. The first kappa shape index (κ1) is 19.1. The van der Waals surface area contributed by atoms with Crippen molar-refractivity contribution in [1.29, 1.82) is 0 Å². The molecular formula is C26H37Hf. The molecule has 1 unspecified atom stereocenters. The zero-order valence-electron chi connectivity index (χ0n) is 18.5. The molecule has 4 rings (SSSR count). The first-order chi connectivity index (χ1) is 11.7. The van der Waals surface area contributed by atoms with Crippen molar-refractivity contribution in [2.45, 2.75) is 46.5 Å². The third kappa shape index (κ3) is 1.97. The summed E-state index contributed by atoms with van der Waals surface area (Å²) in [6.45, 7) is 2.51. The van der Waals surface area contributed by atoms with E-state index in [-0.39, 0.29) is 3.17 Å². The summed E-state index contributed by atoms with van der Waals surface area (Å²) in [5.74, 6) is 0. The predicted octanol–water partition coefficient (Wildman–Crippen LogP) is 9.17. The first-order valence-electron chi connectivity index (χ1n) is 10.6. The molecule has 1 heteroatoms. The van der Waals surface area contributed by atoms with E-state index in [1.54, 1.807) is 0 Å². The van der Waals surface area contributed by atoms with Crippen LogP contribution in [-0.2, 0) is 15.8 Å². The molecule has 2 aliphatic rings. The molecule has 0 nitrogen and oxygen atoms in total. The molecule has 0 saturated heterocycles. The standard InChI is InChI=1S/C14H11.C5H5.7CH3.Hf/c1-10-6-7-13-8-11-4-2-3-5-12(11)9-14(10)13;1-2-4-5-3-1;;;;;;;;/h2-9H,1H3;1-5H;7*1H3;. The van der Waals surface area contributed by atoms with E-state index in [9.17, 15) is 0 Å². The van der Waals surface area contributed by atoms with Crippen LogP contribution in [0.1, 0.15) is 18.1 Å². The minimum absolute atomic E-state index is 0.0927. The van der Waals surface area contributed by atoms with Crippen LogP contribution >= 0.6 is 0 Å². The molecule has 0 spiro atoms. The minimum atomic E-state index is -5.49. The van der Waals surface area contributed by atoms with E-state index >= 15 is 0 Å². The van der Waals surface area contributed by atoms with Crippen LogP contribution in [0.4, 0.5) is 0 Å². The Hall–Kier alpha value is -1.21. The predicted molar refractivity (Wildman–Crippen MR) is 123 cm³/mol. The molecule has 0 fully saturated rings. The Labute approximate surface area is 153 Å². The molecule has 0 aromatic heterocycles. The van der Waals surface area contributed by atoms with E-state index in [4.69, 9.17) is 0 Å². The molecule has 2 aromatic rings. The Bertz CT molecular complexity index is 1170. The van der Waals surface area contributed by atoms with Gasteiger partial charge in [0.15, 0.2) is 0 Å². The van der Waals surface area contributed by atoms with Gasteiger partial charge in [-0.3, -0.25) is 0 Å². The Morgan fingerprint density at radius 2 is 1.30 bits per heavy atom. The fraction of sp³-hybridized carbons (Fsp3) is 0.385. The van der Waals surface area contributed by atoms with Crippen LogP contribution in [0.25, 0.3) is 16.8 Å². The monoisotopic (exact) mass is 529 g/mol. The van der Waals surface area contributed by atoms with Gasteiger partial charge in [0, 0.05) is 0 Å². The summed E-state index contributed by atoms with van der Waals surface area (Å²) in [5, 5.41) is 2.66. The number of hydrogen-bond donors (Lipinski definition) is 0. The van der Waals surface area contributed by atoms with Crippen molar-refractivity contribution in [1.82, 2.24) is 0 Å². The van der Waals surface area contributed by atoms with Crippen LogP contribution in [0.2, 0.25) is 36.4 Å². The molecular weight excluding hydrogens is 491 g/mol. The molecule has 27 heavy (non-hydrogen) atoms.